The second-order valence-electron chi connectivity index (χ2n) is 3.21. The lowest BCUT2D eigenvalue weighted by Gasteiger charge is -2.11. The molecule has 4 nitrogen and oxygen atoms in total. The molecule has 1 unspecified atom stereocenters. The Bertz CT molecular complexity index is 367. The van der Waals surface area contributed by atoms with Crippen molar-refractivity contribution in [2.45, 2.75) is 6.10 Å². The minimum absolute atomic E-state index is 0.220. The van der Waals surface area contributed by atoms with Crippen molar-refractivity contribution in [3.63, 3.8) is 0 Å². The quantitative estimate of drug-likeness (QED) is 0.914. The maximum atomic E-state index is 9.73. The standard InChI is InChI=1S/C10H11BrO4/c1-13-4-8(12)6-2-7(11)10-9(3-6)14-5-15-10/h2-3,8,12H,4-5H2,1H3. The van der Waals surface area contributed by atoms with Gasteiger partial charge >= 0.3 is 0 Å². The Morgan fingerprint density at radius 3 is 3.07 bits per heavy atom. The molecule has 1 aliphatic heterocycles. The molecule has 15 heavy (non-hydrogen) atoms. The SMILES string of the molecule is COCC(O)c1cc(Br)c2c(c1)OCO2. The van der Waals surface area contributed by atoms with Crippen molar-refractivity contribution in [2.24, 2.45) is 0 Å². The second-order valence-corrected chi connectivity index (χ2v) is 4.06. The normalized spacial score (nSPS) is 15.4. The molecule has 1 aliphatic rings. The molecule has 0 aromatic heterocycles. The monoisotopic (exact) mass is 274 g/mol. The Hall–Kier alpha value is -0.780. The first-order valence-electron chi connectivity index (χ1n) is 4.48. The Kier molecular flexibility index (Phi) is 3.14. The molecule has 1 atom stereocenters. The van der Waals surface area contributed by atoms with Gasteiger partial charge in [0.1, 0.15) is 6.10 Å². The van der Waals surface area contributed by atoms with Crippen LogP contribution in [0.2, 0.25) is 0 Å². The molecule has 0 bridgehead atoms. The minimum Gasteiger partial charge on any atom is -0.454 e. The van der Waals surface area contributed by atoms with E-state index in [-0.39, 0.29) is 13.4 Å². The lowest BCUT2D eigenvalue weighted by Crippen LogP contribution is -2.04. The van der Waals surface area contributed by atoms with E-state index in [1.54, 1.807) is 19.2 Å². The fourth-order valence-corrected chi connectivity index (χ4v) is 2.01. The zero-order valence-corrected chi connectivity index (χ0v) is 9.78. The van der Waals surface area contributed by atoms with Gasteiger partial charge in [-0.25, -0.2) is 0 Å². The number of halogens is 1. The minimum atomic E-state index is -0.652. The van der Waals surface area contributed by atoms with Gasteiger partial charge in [-0.1, -0.05) is 0 Å². The zero-order chi connectivity index (χ0) is 10.8. The van der Waals surface area contributed by atoms with Crippen LogP contribution in [0.15, 0.2) is 16.6 Å². The average molecular weight is 275 g/mol. The van der Waals surface area contributed by atoms with Crippen LogP contribution >= 0.6 is 15.9 Å². The van der Waals surface area contributed by atoms with E-state index in [9.17, 15) is 5.11 Å². The first kappa shape index (κ1) is 10.7. The topological polar surface area (TPSA) is 47.9 Å². The molecule has 1 aromatic rings. The van der Waals surface area contributed by atoms with E-state index in [4.69, 9.17) is 14.2 Å². The maximum absolute atomic E-state index is 9.73. The number of fused-ring (bicyclic) bond motifs is 1. The maximum Gasteiger partial charge on any atom is 0.231 e. The number of rotatable bonds is 3. The van der Waals surface area contributed by atoms with Crippen molar-refractivity contribution in [2.75, 3.05) is 20.5 Å². The highest BCUT2D eigenvalue weighted by atomic mass is 79.9. The predicted octanol–water partition coefficient (Wildman–Crippen LogP) is 1.86. The summed E-state index contributed by atoms with van der Waals surface area (Å²) in [4.78, 5) is 0. The highest BCUT2D eigenvalue weighted by molar-refractivity contribution is 9.10. The highest BCUT2D eigenvalue weighted by Gasteiger charge is 2.20. The van der Waals surface area contributed by atoms with Gasteiger partial charge in [0.05, 0.1) is 11.1 Å². The fraction of sp³-hybridized carbons (Fsp3) is 0.400. The summed E-state index contributed by atoms with van der Waals surface area (Å²) in [6.45, 7) is 0.476. The summed E-state index contributed by atoms with van der Waals surface area (Å²) in [6.07, 6.45) is -0.652. The first-order chi connectivity index (χ1) is 7.22. The molecule has 82 valence electrons. The van der Waals surface area contributed by atoms with E-state index in [1.807, 2.05) is 0 Å². The largest absolute Gasteiger partial charge is 0.454 e. The molecule has 0 fully saturated rings. The molecular formula is C10H11BrO4. The first-order valence-corrected chi connectivity index (χ1v) is 5.27. The van der Waals surface area contributed by atoms with Crippen LogP contribution in [0.25, 0.3) is 0 Å². The van der Waals surface area contributed by atoms with Crippen LogP contribution < -0.4 is 9.47 Å². The second kappa shape index (κ2) is 4.38. The molecule has 5 heteroatoms. The third kappa shape index (κ3) is 2.09. The average Bonchev–Trinajstić information content (AvgIpc) is 2.66. The Morgan fingerprint density at radius 2 is 2.33 bits per heavy atom. The summed E-state index contributed by atoms with van der Waals surface area (Å²) in [6, 6.07) is 3.56. The van der Waals surface area contributed by atoms with Crippen LogP contribution in [0.4, 0.5) is 0 Å². The molecule has 0 aliphatic carbocycles. The zero-order valence-electron chi connectivity index (χ0n) is 8.20. The molecule has 0 saturated heterocycles. The van der Waals surface area contributed by atoms with Gasteiger partial charge in [0.2, 0.25) is 6.79 Å². The van der Waals surface area contributed by atoms with Gasteiger partial charge in [-0.05, 0) is 33.6 Å². The van der Waals surface area contributed by atoms with Crippen molar-refractivity contribution in [1.29, 1.82) is 0 Å². The van der Waals surface area contributed by atoms with Gasteiger partial charge in [-0.15, -0.1) is 0 Å². The molecule has 0 amide bonds. The number of methoxy groups -OCH3 is 1. The smallest absolute Gasteiger partial charge is 0.231 e. The number of aliphatic hydroxyl groups excluding tert-OH is 1. The van der Waals surface area contributed by atoms with Crippen molar-refractivity contribution in [1.82, 2.24) is 0 Å². The lowest BCUT2D eigenvalue weighted by molar-refractivity contribution is 0.0642. The van der Waals surface area contributed by atoms with Crippen LogP contribution in [0.1, 0.15) is 11.7 Å². The van der Waals surface area contributed by atoms with Gasteiger partial charge in [0.25, 0.3) is 0 Å². The van der Waals surface area contributed by atoms with Gasteiger partial charge in [0.15, 0.2) is 11.5 Å². The predicted molar refractivity (Wildman–Crippen MR) is 57.1 cm³/mol. The van der Waals surface area contributed by atoms with Crippen molar-refractivity contribution in [3.05, 3.63) is 22.2 Å². The van der Waals surface area contributed by atoms with Crippen molar-refractivity contribution < 1.29 is 19.3 Å². The van der Waals surface area contributed by atoms with Crippen molar-refractivity contribution in [3.8, 4) is 11.5 Å². The molecular weight excluding hydrogens is 264 g/mol. The van der Waals surface area contributed by atoms with Crippen LogP contribution in [-0.2, 0) is 4.74 Å². The molecule has 0 spiro atoms. The number of benzene rings is 1. The van der Waals surface area contributed by atoms with E-state index >= 15 is 0 Å². The van der Waals surface area contributed by atoms with Crippen LogP contribution in [0.5, 0.6) is 11.5 Å². The number of hydrogen-bond donors (Lipinski definition) is 1. The third-order valence-corrected chi connectivity index (χ3v) is 2.75. The molecule has 1 N–H and O–H groups in total. The van der Waals surface area contributed by atoms with Crippen LogP contribution in [0, 0.1) is 0 Å². The summed E-state index contributed by atoms with van der Waals surface area (Å²) in [5, 5.41) is 9.73. The summed E-state index contributed by atoms with van der Waals surface area (Å²) in [5.74, 6) is 1.33. The van der Waals surface area contributed by atoms with Gasteiger partial charge < -0.3 is 19.3 Å². The summed E-state index contributed by atoms with van der Waals surface area (Å²) in [7, 11) is 1.55. The third-order valence-electron chi connectivity index (χ3n) is 2.16. The number of hydrogen-bond acceptors (Lipinski definition) is 4. The van der Waals surface area contributed by atoms with Crippen LogP contribution in [0.3, 0.4) is 0 Å². The van der Waals surface area contributed by atoms with Crippen molar-refractivity contribution >= 4 is 15.9 Å². The Labute approximate surface area is 95.9 Å². The molecule has 1 heterocycles. The number of ether oxygens (including phenoxy) is 3. The van der Waals surface area contributed by atoms with Gasteiger partial charge in [0, 0.05) is 7.11 Å². The Morgan fingerprint density at radius 1 is 1.53 bits per heavy atom. The highest BCUT2D eigenvalue weighted by Crippen LogP contribution is 2.41. The van der Waals surface area contributed by atoms with E-state index in [0.717, 1.165) is 10.0 Å². The number of aliphatic hydroxyl groups is 1. The van der Waals surface area contributed by atoms with Gasteiger partial charge in [-0.2, -0.15) is 0 Å². The fourth-order valence-electron chi connectivity index (χ4n) is 1.43. The summed E-state index contributed by atoms with van der Waals surface area (Å²) >= 11 is 3.36. The van der Waals surface area contributed by atoms with E-state index in [1.165, 1.54) is 0 Å². The molecule has 1 aromatic carbocycles. The van der Waals surface area contributed by atoms with Crippen LogP contribution in [-0.4, -0.2) is 25.6 Å². The molecule has 0 radical (unpaired) electrons. The van der Waals surface area contributed by atoms with Gasteiger partial charge in [-0.3, -0.25) is 0 Å². The summed E-state index contributed by atoms with van der Waals surface area (Å²) < 4.78 is 16.1. The Balaban J connectivity index is 2.30. The molecule has 0 saturated carbocycles. The molecule has 2 rings (SSSR count). The summed E-state index contributed by atoms with van der Waals surface area (Å²) in [5.41, 5.74) is 0.743. The lowest BCUT2D eigenvalue weighted by atomic mass is 10.1. The van der Waals surface area contributed by atoms with E-state index < -0.39 is 6.10 Å². The van der Waals surface area contributed by atoms with E-state index in [0.29, 0.717) is 11.5 Å². The van der Waals surface area contributed by atoms with E-state index in [2.05, 4.69) is 15.9 Å².